The van der Waals surface area contributed by atoms with Gasteiger partial charge in [0.25, 0.3) is 0 Å². The Bertz CT molecular complexity index is 1030. The van der Waals surface area contributed by atoms with Crippen molar-refractivity contribution in [1.29, 1.82) is 0 Å². The van der Waals surface area contributed by atoms with Gasteiger partial charge in [-0.15, -0.1) is 0 Å². The van der Waals surface area contributed by atoms with Crippen LogP contribution in [0.5, 0.6) is 5.75 Å². The number of nitrogens with zero attached hydrogens (tertiary/aromatic N) is 2. The molecular weight excluding hydrogens is 502 g/mol. The summed E-state index contributed by atoms with van der Waals surface area (Å²) in [5, 5.41) is 13.1. The van der Waals surface area contributed by atoms with Crippen LogP contribution in [0.3, 0.4) is 0 Å². The van der Waals surface area contributed by atoms with Gasteiger partial charge in [-0.1, -0.05) is 70.2 Å². The molecule has 0 unspecified atom stereocenters. The number of nitrogens with one attached hydrogen (secondary N) is 1. The smallest absolute Gasteiger partial charge is 0.245 e. The van der Waals surface area contributed by atoms with Gasteiger partial charge in [0.2, 0.25) is 11.8 Å². The van der Waals surface area contributed by atoms with Gasteiger partial charge in [0.1, 0.15) is 18.4 Å². The number of carbonyl (C=O) groups is 2. The summed E-state index contributed by atoms with van der Waals surface area (Å²) >= 11 is 0. The first-order valence-corrected chi connectivity index (χ1v) is 14.9. The Morgan fingerprint density at radius 3 is 2.23 bits per heavy atom. The molecule has 0 radical (unpaired) electrons. The van der Waals surface area contributed by atoms with Crippen LogP contribution < -0.4 is 10.1 Å². The molecule has 40 heavy (non-hydrogen) atoms. The fourth-order valence-electron chi connectivity index (χ4n) is 5.02. The van der Waals surface area contributed by atoms with Crippen molar-refractivity contribution in [3.63, 3.8) is 0 Å². The zero-order valence-electron chi connectivity index (χ0n) is 25.0. The molecule has 0 aromatic heterocycles. The van der Waals surface area contributed by atoms with Gasteiger partial charge in [0.05, 0.1) is 12.1 Å². The Morgan fingerprint density at radius 2 is 1.62 bits per heavy atom. The molecule has 220 valence electrons. The minimum absolute atomic E-state index is 0.0854. The van der Waals surface area contributed by atoms with E-state index in [2.05, 4.69) is 37.9 Å². The average molecular weight is 552 g/mol. The van der Waals surface area contributed by atoms with Crippen molar-refractivity contribution in [3.05, 3.63) is 65.7 Å². The number of likely N-dealkylation sites (N-methyl/N-ethyl adjacent to an activating group) is 1. The molecule has 3 rings (SSSR count). The van der Waals surface area contributed by atoms with Gasteiger partial charge < -0.3 is 20.1 Å². The number of rotatable bonds is 14. The molecule has 7 heteroatoms. The average Bonchev–Trinajstić information content (AvgIpc) is 2.94. The predicted octanol–water partition coefficient (Wildman–Crippen LogP) is 4.67. The lowest BCUT2D eigenvalue weighted by Crippen LogP contribution is -2.56. The van der Waals surface area contributed by atoms with E-state index >= 15 is 0 Å². The van der Waals surface area contributed by atoms with Crippen molar-refractivity contribution in [3.8, 4) is 5.75 Å². The van der Waals surface area contributed by atoms with Crippen molar-refractivity contribution in [2.24, 2.45) is 11.8 Å². The predicted molar refractivity (Wildman–Crippen MR) is 160 cm³/mol. The lowest BCUT2D eigenvalue weighted by atomic mass is 9.98. The normalized spacial score (nSPS) is 15.9. The minimum atomic E-state index is -0.674. The Labute approximate surface area is 240 Å². The van der Waals surface area contributed by atoms with Crippen LogP contribution in [0.1, 0.15) is 64.5 Å². The van der Waals surface area contributed by atoms with Gasteiger partial charge in [-0.3, -0.25) is 14.5 Å². The summed E-state index contributed by atoms with van der Waals surface area (Å²) in [6, 6.07) is 16.8. The molecular formula is C33H49N3O4. The number of carbonyl (C=O) groups excluding carboxylic acids is 2. The van der Waals surface area contributed by atoms with Crippen molar-refractivity contribution < 1.29 is 19.4 Å². The van der Waals surface area contributed by atoms with Gasteiger partial charge in [0, 0.05) is 19.5 Å². The molecule has 1 saturated heterocycles. The van der Waals surface area contributed by atoms with E-state index in [1.54, 1.807) is 4.90 Å². The van der Waals surface area contributed by atoms with E-state index in [0.717, 1.165) is 36.3 Å². The van der Waals surface area contributed by atoms with E-state index in [-0.39, 0.29) is 24.0 Å². The highest BCUT2D eigenvalue weighted by Gasteiger charge is 2.32. The number of piperidine rings is 1. The van der Waals surface area contributed by atoms with Gasteiger partial charge in [-0.2, -0.15) is 0 Å². The second-order valence-corrected chi connectivity index (χ2v) is 12.0. The van der Waals surface area contributed by atoms with E-state index in [0.29, 0.717) is 50.8 Å². The Morgan fingerprint density at radius 1 is 0.975 bits per heavy atom. The first-order chi connectivity index (χ1) is 19.1. The highest BCUT2D eigenvalue weighted by Crippen LogP contribution is 2.19. The molecule has 1 aliphatic heterocycles. The molecule has 0 aliphatic carbocycles. The lowest BCUT2D eigenvalue weighted by Gasteiger charge is -2.34. The van der Waals surface area contributed by atoms with E-state index in [1.165, 1.54) is 0 Å². The summed E-state index contributed by atoms with van der Waals surface area (Å²) in [7, 11) is 2.01. The molecule has 2 aromatic carbocycles. The van der Waals surface area contributed by atoms with E-state index in [1.807, 2.05) is 61.6 Å². The zero-order valence-corrected chi connectivity index (χ0v) is 25.0. The minimum Gasteiger partial charge on any atom is -0.489 e. The second kappa shape index (κ2) is 15.8. The molecule has 1 aliphatic rings. The number of aliphatic hydroxyl groups excluding tert-OH is 1. The van der Waals surface area contributed by atoms with Gasteiger partial charge in [-0.05, 0) is 74.4 Å². The van der Waals surface area contributed by atoms with Crippen LogP contribution in [0.15, 0.2) is 54.6 Å². The van der Waals surface area contributed by atoms with Crippen LogP contribution in [0.2, 0.25) is 0 Å². The maximum atomic E-state index is 13.7. The van der Waals surface area contributed by atoms with Gasteiger partial charge >= 0.3 is 0 Å². The van der Waals surface area contributed by atoms with Crippen molar-refractivity contribution in [2.75, 3.05) is 26.7 Å². The third-order valence-corrected chi connectivity index (χ3v) is 7.59. The topological polar surface area (TPSA) is 82.1 Å². The van der Waals surface area contributed by atoms with E-state index in [9.17, 15) is 14.7 Å². The molecule has 2 aromatic rings. The molecule has 2 N–H and O–H groups in total. The third kappa shape index (κ3) is 10.3. The van der Waals surface area contributed by atoms with Crippen molar-refractivity contribution >= 4 is 11.8 Å². The molecule has 7 nitrogen and oxygen atoms in total. The lowest BCUT2D eigenvalue weighted by molar-refractivity contribution is -0.139. The number of ether oxygens (including phenoxy) is 1. The Kier molecular flexibility index (Phi) is 12.5. The van der Waals surface area contributed by atoms with Crippen LogP contribution >= 0.6 is 0 Å². The quantitative estimate of drug-likeness (QED) is 0.357. The van der Waals surface area contributed by atoms with Crippen LogP contribution in [0.4, 0.5) is 0 Å². The highest BCUT2D eigenvalue weighted by molar-refractivity contribution is 5.90. The first kappa shape index (κ1) is 31.6. The van der Waals surface area contributed by atoms with Gasteiger partial charge in [-0.25, -0.2) is 0 Å². The van der Waals surface area contributed by atoms with E-state index in [4.69, 9.17) is 4.74 Å². The SMILES string of the molecule is CC(C)CCN(C)[C@@H](CC(C)C)C(=O)N[C@@H](Cc1ccc(OCc2ccccc2)cc1)C(=O)N1CCC(O)CC1. The standard InChI is InChI=1S/C33H49N3O4/c1-24(2)15-18-35(5)31(21-25(3)4)32(38)34-30(33(39)36-19-16-28(37)17-20-36)22-26-11-13-29(14-12-26)40-23-27-9-7-6-8-10-27/h6-14,24-25,28,30-31,37H,15-23H2,1-5H3,(H,34,38)/t30-,31-/m0/s1. The number of aliphatic hydroxyl groups is 1. The van der Waals surface area contributed by atoms with Crippen LogP contribution in [-0.4, -0.2) is 71.6 Å². The number of benzene rings is 2. The molecule has 1 fully saturated rings. The summed E-state index contributed by atoms with van der Waals surface area (Å²) in [6.07, 6.45) is 2.89. The number of hydrogen-bond donors (Lipinski definition) is 2. The van der Waals surface area contributed by atoms with Crippen LogP contribution in [-0.2, 0) is 22.6 Å². The largest absolute Gasteiger partial charge is 0.489 e. The van der Waals surface area contributed by atoms with E-state index < -0.39 is 6.04 Å². The third-order valence-electron chi connectivity index (χ3n) is 7.59. The fraction of sp³-hybridized carbons (Fsp3) is 0.576. The maximum absolute atomic E-state index is 13.7. The fourth-order valence-corrected chi connectivity index (χ4v) is 5.02. The molecule has 1 heterocycles. The Balaban J connectivity index is 1.73. The molecule has 0 spiro atoms. The number of amides is 2. The summed E-state index contributed by atoms with van der Waals surface area (Å²) in [6.45, 7) is 10.9. The van der Waals surface area contributed by atoms with Crippen LogP contribution in [0.25, 0.3) is 0 Å². The van der Waals surface area contributed by atoms with Crippen LogP contribution in [0, 0.1) is 11.8 Å². The number of likely N-dealkylation sites (tertiary alicyclic amines) is 1. The maximum Gasteiger partial charge on any atom is 0.245 e. The highest BCUT2D eigenvalue weighted by atomic mass is 16.5. The monoisotopic (exact) mass is 551 g/mol. The zero-order chi connectivity index (χ0) is 29.1. The summed E-state index contributed by atoms with van der Waals surface area (Å²) in [5.74, 6) is 1.47. The summed E-state index contributed by atoms with van der Waals surface area (Å²) in [5.41, 5.74) is 2.05. The molecule has 2 atom stereocenters. The molecule has 0 saturated carbocycles. The first-order valence-electron chi connectivity index (χ1n) is 14.9. The van der Waals surface area contributed by atoms with Crippen molar-refractivity contribution in [2.45, 2.75) is 84.6 Å². The van der Waals surface area contributed by atoms with Gasteiger partial charge in [0.15, 0.2) is 0 Å². The Hall–Kier alpha value is -2.90. The summed E-state index contributed by atoms with van der Waals surface area (Å²) < 4.78 is 5.93. The van der Waals surface area contributed by atoms with Crippen molar-refractivity contribution in [1.82, 2.24) is 15.1 Å². The second-order valence-electron chi connectivity index (χ2n) is 12.0. The summed E-state index contributed by atoms with van der Waals surface area (Å²) in [4.78, 5) is 31.3. The molecule has 0 bridgehead atoms. The molecule has 2 amide bonds. The number of hydrogen-bond acceptors (Lipinski definition) is 5.